The van der Waals surface area contributed by atoms with Gasteiger partial charge in [-0.25, -0.2) is 0 Å². The van der Waals surface area contributed by atoms with Gasteiger partial charge in [0.2, 0.25) is 0 Å². The van der Waals surface area contributed by atoms with E-state index in [0.717, 1.165) is 5.56 Å². The summed E-state index contributed by atoms with van der Waals surface area (Å²) in [4.78, 5) is 12.4. The van der Waals surface area contributed by atoms with Crippen LogP contribution in [-0.2, 0) is 19.7 Å². The van der Waals surface area contributed by atoms with Gasteiger partial charge >= 0.3 is 5.97 Å². The summed E-state index contributed by atoms with van der Waals surface area (Å²) in [5.41, 5.74) is 5.30. The van der Waals surface area contributed by atoms with Crippen molar-refractivity contribution in [1.82, 2.24) is 0 Å². The molecule has 0 bridgehead atoms. The fourth-order valence-electron chi connectivity index (χ4n) is 2.87. The Hall–Kier alpha value is -1.35. The molecule has 1 saturated heterocycles. The number of benzene rings is 1. The van der Waals surface area contributed by atoms with Gasteiger partial charge in [-0.15, -0.1) is 0 Å². The summed E-state index contributed by atoms with van der Waals surface area (Å²) in [7, 11) is 0. The van der Waals surface area contributed by atoms with E-state index < -0.39 is 5.41 Å². The van der Waals surface area contributed by atoms with Crippen LogP contribution in [0.3, 0.4) is 0 Å². The predicted octanol–water partition coefficient (Wildman–Crippen LogP) is 2.75. The Morgan fingerprint density at radius 3 is 2.11 bits per heavy atom. The summed E-state index contributed by atoms with van der Waals surface area (Å²) in [6.45, 7) is 11.4. The van der Waals surface area contributed by atoms with Crippen LogP contribution in [0.2, 0.25) is 0 Å². The van der Waals surface area contributed by atoms with E-state index in [-0.39, 0.29) is 5.97 Å². The van der Waals surface area contributed by atoms with E-state index in [1.807, 2.05) is 6.92 Å². The van der Waals surface area contributed by atoms with E-state index in [2.05, 4.69) is 33.8 Å². The Bertz CT molecular complexity index is 487. The van der Waals surface area contributed by atoms with Crippen molar-refractivity contribution in [2.75, 3.05) is 19.8 Å². The molecular weight excluding hydrogens is 240 g/mol. The highest BCUT2D eigenvalue weighted by molar-refractivity contribution is 5.86. The van der Waals surface area contributed by atoms with Gasteiger partial charge < -0.3 is 9.47 Å². The first-order chi connectivity index (χ1) is 8.94. The maximum atomic E-state index is 12.4. The highest BCUT2D eigenvalue weighted by atomic mass is 16.6. The zero-order valence-corrected chi connectivity index (χ0v) is 12.4. The second-order valence-electron chi connectivity index (χ2n) is 5.43. The van der Waals surface area contributed by atoms with E-state index in [4.69, 9.17) is 9.47 Å². The highest BCUT2D eigenvalue weighted by Crippen LogP contribution is 2.39. The molecule has 3 nitrogen and oxygen atoms in total. The van der Waals surface area contributed by atoms with E-state index in [1.165, 1.54) is 22.3 Å². The van der Waals surface area contributed by atoms with Crippen molar-refractivity contribution in [3.8, 4) is 0 Å². The van der Waals surface area contributed by atoms with Crippen LogP contribution in [-0.4, -0.2) is 25.8 Å². The average Bonchev–Trinajstić information content (AvgIpc) is 2.30. The van der Waals surface area contributed by atoms with E-state index in [0.29, 0.717) is 19.8 Å². The Kier molecular flexibility index (Phi) is 3.68. The molecule has 0 spiro atoms. The molecule has 0 saturated carbocycles. The zero-order valence-electron chi connectivity index (χ0n) is 12.4. The molecule has 1 fully saturated rings. The molecule has 3 heteroatoms. The van der Waals surface area contributed by atoms with E-state index >= 15 is 0 Å². The largest absolute Gasteiger partial charge is 0.465 e. The maximum absolute atomic E-state index is 12.4. The van der Waals surface area contributed by atoms with Gasteiger partial charge in [-0.05, 0) is 62.4 Å². The molecule has 0 amide bonds. The summed E-state index contributed by atoms with van der Waals surface area (Å²) < 4.78 is 10.6. The van der Waals surface area contributed by atoms with Crippen LogP contribution in [0.25, 0.3) is 0 Å². The normalized spacial score (nSPS) is 16.9. The summed E-state index contributed by atoms with van der Waals surface area (Å²) >= 11 is 0. The van der Waals surface area contributed by atoms with Crippen LogP contribution in [0.5, 0.6) is 0 Å². The summed E-state index contributed by atoms with van der Waals surface area (Å²) in [6.07, 6.45) is 0. The minimum absolute atomic E-state index is 0.155. The van der Waals surface area contributed by atoms with E-state index in [1.54, 1.807) is 0 Å². The SMILES string of the molecule is CCOC(=O)C1(c2c(C)c(C)cc(C)c2C)COC1. The third-order valence-electron chi connectivity index (χ3n) is 4.21. The number of esters is 1. The average molecular weight is 262 g/mol. The van der Waals surface area contributed by atoms with Crippen molar-refractivity contribution >= 4 is 5.97 Å². The van der Waals surface area contributed by atoms with Gasteiger partial charge in [0.25, 0.3) is 0 Å². The van der Waals surface area contributed by atoms with Crippen LogP contribution < -0.4 is 0 Å². The van der Waals surface area contributed by atoms with Gasteiger partial charge in [0.05, 0.1) is 19.8 Å². The lowest BCUT2D eigenvalue weighted by Gasteiger charge is -2.41. The molecule has 19 heavy (non-hydrogen) atoms. The van der Waals surface area contributed by atoms with Crippen LogP contribution in [0.15, 0.2) is 6.07 Å². The van der Waals surface area contributed by atoms with Crippen molar-refractivity contribution in [3.05, 3.63) is 33.9 Å². The molecule has 0 N–H and O–H groups in total. The van der Waals surface area contributed by atoms with Gasteiger partial charge in [-0.3, -0.25) is 4.79 Å². The van der Waals surface area contributed by atoms with Crippen molar-refractivity contribution in [1.29, 1.82) is 0 Å². The molecule has 1 aliphatic rings. The molecule has 0 unspecified atom stereocenters. The molecule has 0 atom stereocenters. The fraction of sp³-hybridized carbons (Fsp3) is 0.562. The van der Waals surface area contributed by atoms with Gasteiger partial charge in [0, 0.05) is 0 Å². The summed E-state index contributed by atoms with van der Waals surface area (Å²) in [5.74, 6) is -0.155. The molecule has 1 aromatic rings. The fourth-order valence-corrected chi connectivity index (χ4v) is 2.87. The number of carbonyl (C=O) groups excluding carboxylic acids is 1. The summed E-state index contributed by atoms with van der Waals surface area (Å²) in [5, 5.41) is 0. The lowest BCUT2D eigenvalue weighted by molar-refractivity contribution is -0.169. The molecule has 1 heterocycles. The first-order valence-electron chi connectivity index (χ1n) is 6.77. The molecule has 1 aliphatic heterocycles. The predicted molar refractivity (Wildman–Crippen MR) is 74.5 cm³/mol. The number of rotatable bonds is 3. The number of aryl methyl sites for hydroxylation is 2. The van der Waals surface area contributed by atoms with Crippen molar-refractivity contribution in [3.63, 3.8) is 0 Å². The van der Waals surface area contributed by atoms with Crippen LogP contribution in [0.1, 0.15) is 34.7 Å². The van der Waals surface area contributed by atoms with Gasteiger partial charge in [0.15, 0.2) is 0 Å². The Morgan fingerprint density at radius 2 is 1.74 bits per heavy atom. The number of hydrogen-bond acceptors (Lipinski definition) is 3. The Balaban J connectivity index is 2.59. The smallest absolute Gasteiger partial charge is 0.321 e. The lowest BCUT2D eigenvalue weighted by atomic mass is 9.72. The molecule has 0 aromatic heterocycles. The van der Waals surface area contributed by atoms with Gasteiger partial charge in [-0.1, -0.05) is 6.07 Å². The molecule has 104 valence electrons. The molecular formula is C16H22O3. The quantitative estimate of drug-likeness (QED) is 0.786. The minimum atomic E-state index is -0.596. The minimum Gasteiger partial charge on any atom is -0.465 e. The second kappa shape index (κ2) is 4.97. The van der Waals surface area contributed by atoms with Crippen LogP contribution in [0, 0.1) is 27.7 Å². The molecule has 0 aliphatic carbocycles. The van der Waals surface area contributed by atoms with E-state index in [9.17, 15) is 4.79 Å². The van der Waals surface area contributed by atoms with Crippen LogP contribution in [0.4, 0.5) is 0 Å². The Labute approximate surface area is 114 Å². The number of hydrogen-bond donors (Lipinski definition) is 0. The maximum Gasteiger partial charge on any atom is 0.321 e. The van der Waals surface area contributed by atoms with Crippen molar-refractivity contribution in [2.24, 2.45) is 0 Å². The van der Waals surface area contributed by atoms with Gasteiger partial charge in [0.1, 0.15) is 5.41 Å². The molecule has 2 rings (SSSR count). The third-order valence-corrected chi connectivity index (χ3v) is 4.21. The van der Waals surface area contributed by atoms with Crippen molar-refractivity contribution in [2.45, 2.75) is 40.0 Å². The lowest BCUT2D eigenvalue weighted by Crippen LogP contribution is -2.54. The van der Waals surface area contributed by atoms with Crippen LogP contribution >= 0.6 is 0 Å². The zero-order chi connectivity index (χ0) is 14.2. The third kappa shape index (κ3) is 2.06. The first kappa shape index (κ1) is 14.1. The van der Waals surface area contributed by atoms with Gasteiger partial charge in [-0.2, -0.15) is 0 Å². The highest BCUT2D eigenvalue weighted by Gasteiger charge is 2.50. The number of carbonyl (C=O) groups is 1. The summed E-state index contributed by atoms with van der Waals surface area (Å²) in [6, 6.07) is 2.17. The topological polar surface area (TPSA) is 35.5 Å². The monoisotopic (exact) mass is 262 g/mol. The molecule has 1 aromatic carbocycles. The Morgan fingerprint density at radius 1 is 1.21 bits per heavy atom. The first-order valence-corrected chi connectivity index (χ1v) is 6.77. The standard InChI is InChI=1S/C16H22O3/c1-6-19-15(17)16(8-18-9-16)14-12(4)10(2)7-11(3)13(14)5/h7H,6,8-9H2,1-5H3. The second-order valence-corrected chi connectivity index (χ2v) is 5.43. The van der Waals surface area contributed by atoms with Crippen molar-refractivity contribution < 1.29 is 14.3 Å². The number of ether oxygens (including phenoxy) is 2. The molecule has 0 radical (unpaired) electrons.